The summed E-state index contributed by atoms with van der Waals surface area (Å²) in [4.78, 5) is 26.8. The van der Waals surface area contributed by atoms with Gasteiger partial charge >= 0.3 is 6.03 Å². The molecule has 32 heavy (non-hydrogen) atoms. The molecule has 0 radical (unpaired) electrons. The van der Waals surface area contributed by atoms with Crippen molar-refractivity contribution in [3.05, 3.63) is 72.3 Å². The molecule has 3 N–H and O–H groups in total. The summed E-state index contributed by atoms with van der Waals surface area (Å²) in [5, 5.41) is 12.2. The van der Waals surface area contributed by atoms with Gasteiger partial charge in [0.1, 0.15) is 5.82 Å². The molecule has 0 aliphatic rings. The van der Waals surface area contributed by atoms with E-state index in [-0.39, 0.29) is 11.6 Å². The third kappa shape index (κ3) is 6.14. The number of nitrogens with zero attached hydrogens (tertiary/aromatic N) is 3. The second kappa shape index (κ2) is 11.1. The molecule has 1 aromatic heterocycles. The van der Waals surface area contributed by atoms with E-state index in [1.165, 1.54) is 18.3 Å². The van der Waals surface area contributed by atoms with E-state index < -0.39 is 11.8 Å². The SMILES string of the molecule is CCN(CC)CCNC(=O)c1cccc(-n2cc(NC(=O)Nc3ccccc3F)cn2)c1. The quantitative estimate of drug-likeness (QED) is 0.475. The highest BCUT2D eigenvalue weighted by Crippen LogP contribution is 2.16. The van der Waals surface area contributed by atoms with Crippen molar-refractivity contribution in [1.82, 2.24) is 20.0 Å². The van der Waals surface area contributed by atoms with Crippen molar-refractivity contribution < 1.29 is 14.0 Å². The second-order valence-electron chi connectivity index (χ2n) is 7.07. The molecule has 0 bridgehead atoms. The molecule has 0 saturated heterocycles. The van der Waals surface area contributed by atoms with Crippen LogP contribution in [0.5, 0.6) is 0 Å². The lowest BCUT2D eigenvalue weighted by molar-refractivity contribution is 0.0949. The van der Waals surface area contributed by atoms with Crippen molar-refractivity contribution in [3.8, 4) is 5.69 Å². The number of halogens is 1. The van der Waals surface area contributed by atoms with Crippen LogP contribution in [-0.2, 0) is 0 Å². The van der Waals surface area contributed by atoms with Crippen molar-refractivity contribution in [2.24, 2.45) is 0 Å². The number of benzene rings is 2. The summed E-state index contributed by atoms with van der Waals surface area (Å²) in [6, 6.07) is 12.4. The molecule has 0 unspecified atom stereocenters. The zero-order chi connectivity index (χ0) is 22.9. The van der Waals surface area contributed by atoms with Gasteiger partial charge in [-0.1, -0.05) is 32.0 Å². The minimum Gasteiger partial charge on any atom is -0.351 e. The number of aromatic nitrogens is 2. The van der Waals surface area contributed by atoms with Crippen LogP contribution in [0.2, 0.25) is 0 Å². The number of para-hydroxylation sites is 1. The Balaban J connectivity index is 1.60. The van der Waals surface area contributed by atoms with E-state index in [0.717, 1.165) is 19.6 Å². The third-order valence-corrected chi connectivity index (χ3v) is 4.94. The minimum atomic E-state index is -0.587. The molecule has 0 fully saturated rings. The van der Waals surface area contributed by atoms with E-state index >= 15 is 0 Å². The summed E-state index contributed by atoms with van der Waals surface area (Å²) < 4.78 is 15.2. The normalized spacial score (nSPS) is 10.8. The highest BCUT2D eigenvalue weighted by atomic mass is 19.1. The zero-order valence-electron chi connectivity index (χ0n) is 18.1. The monoisotopic (exact) mass is 438 g/mol. The van der Waals surface area contributed by atoms with Crippen LogP contribution in [0.3, 0.4) is 0 Å². The summed E-state index contributed by atoms with van der Waals surface area (Å²) >= 11 is 0. The van der Waals surface area contributed by atoms with Crippen LogP contribution in [0.1, 0.15) is 24.2 Å². The highest BCUT2D eigenvalue weighted by molar-refractivity contribution is 5.99. The summed E-state index contributed by atoms with van der Waals surface area (Å²) in [6.07, 6.45) is 3.08. The van der Waals surface area contributed by atoms with E-state index in [0.29, 0.717) is 23.5 Å². The predicted molar refractivity (Wildman–Crippen MR) is 123 cm³/mol. The van der Waals surface area contributed by atoms with Gasteiger partial charge in [0.05, 0.1) is 29.5 Å². The lowest BCUT2D eigenvalue weighted by Crippen LogP contribution is -2.34. The molecule has 3 rings (SSSR count). The van der Waals surface area contributed by atoms with Crippen molar-refractivity contribution in [3.63, 3.8) is 0 Å². The average Bonchev–Trinajstić information content (AvgIpc) is 3.26. The van der Waals surface area contributed by atoms with Crippen molar-refractivity contribution in [1.29, 1.82) is 0 Å². The van der Waals surface area contributed by atoms with Gasteiger partial charge in [-0.25, -0.2) is 13.9 Å². The number of urea groups is 1. The Labute approximate surface area is 186 Å². The van der Waals surface area contributed by atoms with Gasteiger partial charge in [-0.05, 0) is 43.4 Å². The first kappa shape index (κ1) is 23.0. The Morgan fingerprint density at radius 2 is 1.84 bits per heavy atom. The Kier molecular flexibility index (Phi) is 7.93. The van der Waals surface area contributed by atoms with E-state index in [2.05, 4.69) is 39.8 Å². The first-order valence-electron chi connectivity index (χ1n) is 10.5. The van der Waals surface area contributed by atoms with Crippen molar-refractivity contribution in [2.75, 3.05) is 36.8 Å². The largest absolute Gasteiger partial charge is 0.351 e. The van der Waals surface area contributed by atoms with Crippen LogP contribution in [0.4, 0.5) is 20.6 Å². The number of carbonyl (C=O) groups is 2. The number of anilines is 2. The van der Waals surface area contributed by atoms with Crippen LogP contribution in [0.25, 0.3) is 5.69 Å². The van der Waals surface area contributed by atoms with E-state index in [1.54, 1.807) is 41.2 Å². The zero-order valence-corrected chi connectivity index (χ0v) is 18.1. The van der Waals surface area contributed by atoms with Crippen LogP contribution in [0, 0.1) is 5.82 Å². The Morgan fingerprint density at radius 3 is 2.59 bits per heavy atom. The fourth-order valence-electron chi connectivity index (χ4n) is 3.13. The molecule has 9 heteroatoms. The average molecular weight is 439 g/mol. The van der Waals surface area contributed by atoms with Crippen molar-refractivity contribution in [2.45, 2.75) is 13.8 Å². The van der Waals surface area contributed by atoms with Gasteiger partial charge in [-0.15, -0.1) is 0 Å². The Morgan fingerprint density at radius 1 is 1.06 bits per heavy atom. The van der Waals surface area contributed by atoms with Gasteiger partial charge in [0.15, 0.2) is 0 Å². The molecule has 0 aliphatic carbocycles. The summed E-state index contributed by atoms with van der Waals surface area (Å²) in [5.41, 5.74) is 1.69. The maximum atomic E-state index is 13.7. The molecule has 0 aliphatic heterocycles. The fraction of sp³-hybridized carbons (Fsp3) is 0.261. The summed E-state index contributed by atoms with van der Waals surface area (Å²) in [7, 11) is 0. The molecule has 0 atom stereocenters. The molecule has 0 saturated carbocycles. The number of hydrogen-bond acceptors (Lipinski definition) is 4. The van der Waals surface area contributed by atoms with E-state index in [4.69, 9.17) is 0 Å². The minimum absolute atomic E-state index is 0.0806. The Hall–Kier alpha value is -3.72. The molecule has 8 nitrogen and oxygen atoms in total. The van der Waals surface area contributed by atoms with Gasteiger partial charge in [0, 0.05) is 18.7 Å². The van der Waals surface area contributed by atoms with Crippen LogP contribution >= 0.6 is 0 Å². The number of nitrogens with one attached hydrogen (secondary N) is 3. The topological polar surface area (TPSA) is 91.3 Å². The number of hydrogen-bond donors (Lipinski definition) is 3. The first-order valence-corrected chi connectivity index (χ1v) is 10.5. The lowest BCUT2D eigenvalue weighted by atomic mass is 10.2. The van der Waals surface area contributed by atoms with Crippen LogP contribution in [-0.4, -0.2) is 52.8 Å². The fourth-order valence-corrected chi connectivity index (χ4v) is 3.13. The lowest BCUT2D eigenvalue weighted by Gasteiger charge is -2.18. The summed E-state index contributed by atoms with van der Waals surface area (Å²) in [5.74, 6) is -0.681. The van der Waals surface area contributed by atoms with E-state index in [1.807, 2.05) is 6.07 Å². The standard InChI is InChI=1S/C23H27FN6O2/c1-3-29(4-2)13-12-25-22(31)17-8-7-9-19(14-17)30-16-18(15-26-30)27-23(32)28-21-11-6-5-10-20(21)24/h5-11,14-16H,3-4,12-13H2,1-2H3,(H,25,31)(H2,27,28,32). The molecule has 168 valence electrons. The number of amides is 3. The molecular formula is C23H27FN6O2. The molecule has 3 amide bonds. The van der Waals surface area contributed by atoms with Crippen LogP contribution in [0.15, 0.2) is 60.9 Å². The van der Waals surface area contributed by atoms with Gasteiger partial charge in [0.25, 0.3) is 5.91 Å². The second-order valence-corrected chi connectivity index (χ2v) is 7.07. The highest BCUT2D eigenvalue weighted by Gasteiger charge is 2.10. The summed E-state index contributed by atoms with van der Waals surface area (Å²) in [6.45, 7) is 7.42. The first-order chi connectivity index (χ1) is 15.5. The van der Waals surface area contributed by atoms with Gasteiger partial charge < -0.3 is 20.9 Å². The van der Waals surface area contributed by atoms with Gasteiger partial charge in [0.2, 0.25) is 0 Å². The van der Waals surface area contributed by atoms with Gasteiger partial charge in [-0.2, -0.15) is 5.10 Å². The Bertz CT molecular complexity index is 1060. The third-order valence-electron chi connectivity index (χ3n) is 4.94. The number of carbonyl (C=O) groups excluding carboxylic acids is 2. The molecule has 2 aromatic carbocycles. The van der Waals surface area contributed by atoms with Gasteiger partial charge in [-0.3, -0.25) is 4.79 Å². The molecule has 0 spiro atoms. The number of rotatable bonds is 9. The van der Waals surface area contributed by atoms with Crippen LogP contribution < -0.4 is 16.0 Å². The molecule has 3 aromatic rings. The predicted octanol–water partition coefficient (Wildman–Crippen LogP) is 3.73. The smallest absolute Gasteiger partial charge is 0.323 e. The maximum absolute atomic E-state index is 13.7. The van der Waals surface area contributed by atoms with Crippen molar-refractivity contribution >= 4 is 23.3 Å². The molecule has 1 heterocycles. The molecular weight excluding hydrogens is 411 g/mol. The maximum Gasteiger partial charge on any atom is 0.323 e. The van der Waals surface area contributed by atoms with E-state index in [9.17, 15) is 14.0 Å². The number of likely N-dealkylation sites (N-methyl/N-ethyl adjacent to an activating group) is 1.